The van der Waals surface area contributed by atoms with Gasteiger partial charge in [0.05, 0.1) is 6.54 Å². The third-order valence-electron chi connectivity index (χ3n) is 1.20. The van der Waals surface area contributed by atoms with Gasteiger partial charge in [-0.15, -0.1) is 11.3 Å². The molecule has 1 rings (SSSR count). The second-order valence-corrected chi connectivity index (χ2v) is 4.62. The number of nitrogens with one attached hydrogen (secondary N) is 1. The summed E-state index contributed by atoms with van der Waals surface area (Å²) in [6.07, 6.45) is 0. The summed E-state index contributed by atoms with van der Waals surface area (Å²) in [5.41, 5.74) is -0.110. The predicted molar refractivity (Wildman–Crippen MR) is 49.0 cm³/mol. The lowest BCUT2D eigenvalue weighted by Gasteiger charge is -1.96. The molecule has 4 N–H and O–H groups in total. The molecule has 7 nitrogen and oxygen atoms in total. The quantitative estimate of drug-likeness (QED) is 0.628. The van der Waals surface area contributed by atoms with Gasteiger partial charge in [-0.05, 0) is 0 Å². The average Bonchev–Trinajstić information content (AvgIpc) is 2.47. The van der Waals surface area contributed by atoms with Crippen LogP contribution in [0.1, 0.15) is 15.5 Å². The molecule has 0 saturated heterocycles. The van der Waals surface area contributed by atoms with Crippen molar-refractivity contribution in [3.8, 4) is 0 Å². The maximum Gasteiger partial charge on any atom is 0.355 e. The Hall–Kier alpha value is -1.03. The van der Waals surface area contributed by atoms with Gasteiger partial charge in [0.1, 0.15) is 5.01 Å². The van der Waals surface area contributed by atoms with Crippen molar-refractivity contribution in [3.63, 3.8) is 0 Å². The SMILES string of the molecule is NS(=O)(=O)NCc1nc(C(=O)O)cs1. The van der Waals surface area contributed by atoms with E-state index >= 15 is 0 Å². The summed E-state index contributed by atoms with van der Waals surface area (Å²) in [6, 6.07) is 0. The third-order valence-corrected chi connectivity index (χ3v) is 2.59. The lowest BCUT2D eigenvalue weighted by molar-refractivity contribution is 0.0691. The molecule has 0 fully saturated rings. The maximum atomic E-state index is 10.5. The predicted octanol–water partition coefficient (Wildman–Crippen LogP) is -0.866. The van der Waals surface area contributed by atoms with Gasteiger partial charge < -0.3 is 5.11 Å². The van der Waals surface area contributed by atoms with E-state index in [0.717, 1.165) is 11.3 Å². The Kier molecular flexibility index (Phi) is 3.16. The topological polar surface area (TPSA) is 122 Å². The lowest BCUT2D eigenvalue weighted by atomic mass is 10.5. The van der Waals surface area contributed by atoms with E-state index < -0.39 is 16.2 Å². The Labute approximate surface area is 83.8 Å². The second kappa shape index (κ2) is 4.00. The first-order valence-corrected chi connectivity index (χ1v) is 5.76. The Balaban J connectivity index is 2.65. The van der Waals surface area contributed by atoms with Crippen molar-refractivity contribution in [2.45, 2.75) is 6.54 Å². The highest BCUT2D eigenvalue weighted by molar-refractivity contribution is 7.87. The largest absolute Gasteiger partial charge is 0.476 e. The van der Waals surface area contributed by atoms with Crippen molar-refractivity contribution in [2.75, 3.05) is 0 Å². The van der Waals surface area contributed by atoms with Gasteiger partial charge in [0.15, 0.2) is 5.69 Å². The van der Waals surface area contributed by atoms with E-state index in [9.17, 15) is 13.2 Å². The van der Waals surface area contributed by atoms with Crippen LogP contribution in [-0.4, -0.2) is 24.5 Å². The Morgan fingerprint density at radius 2 is 2.36 bits per heavy atom. The molecule has 0 aromatic carbocycles. The van der Waals surface area contributed by atoms with E-state index in [1.54, 1.807) is 0 Å². The van der Waals surface area contributed by atoms with Gasteiger partial charge in [-0.1, -0.05) is 0 Å². The van der Waals surface area contributed by atoms with Gasteiger partial charge in [-0.25, -0.2) is 14.9 Å². The summed E-state index contributed by atoms with van der Waals surface area (Å²) in [5.74, 6) is -1.15. The smallest absolute Gasteiger partial charge is 0.355 e. The van der Waals surface area contributed by atoms with E-state index in [2.05, 4.69) is 10.1 Å². The molecule has 0 amide bonds. The van der Waals surface area contributed by atoms with Crippen LogP contribution in [0.4, 0.5) is 0 Å². The minimum Gasteiger partial charge on any atom is -0.476 e. The van der Waals surface area contributed by atoms with Crippen molar-refractivity contribution in [3.05, 3.63) is 16.1 Å². The second-order valence-electron chi connectivity index (χ2n) is 2.30. The van der Waals surface area contributed by atoms with E-state index in [4.69, 9.17) is 5.11 Å². The van der Waals surface area contributed by atoms with Gasteiger partial charge in [0.25, 0.3) is 10.2 Å². The fourth-order valence-corrected chi connectivity index (χ4v) is 1.79. The zero-order chi connectivity index (χ0) is 10.8. The number of aromatic carboxylic acids is 1. The number of thiazole rings is 1. The van der Waals surface area contributed by atoms with Crippen LogP contribution in [0.3, 0.4) is 0 Å². The molecule has 78 valence electrons. The van der Waals surface area contributed by atoms with Crippen LogP contribution in [0.2, 0.25) is 0 Å². The van der Waals surface area contributed by atoms with Gasteiger partial charge >= 0.3 is 5.97 Å². The lowest BCUT2D eigenvalue weighted by Crippen LogP contribution is -2.30. The molecule has 1 heterocycles. The Morgan fingerprint density at radius 3 is 2.79 bits per heavy atom. The molecule has 0 saturated carbocycles. The summed E-state index contributed by atoms with van der Waals surface area (Å²) in [7, 11) is -3.76. The number of carboxylic acids is 1. The first-order chi connectivity index (χ1) is 6.38. The number of nitrogens with zero attached hydrogens (tertiary/aromatic N) is 1. The Morgan fingerprint density at radius 1 is 1.71 bits per heavy atom. The highest BCUT2D eigenvalue weighted by Crippen LogP contribution is 2.09. The van der Waals surface area contributed by atoms with Crippen molar-refractivity contribution in [1.82, 2.24) is 9.71 Å². The molecular formula is C5H7N3O4S2. The molecule has 0 aliphatic rings. The first-order valence-electron chi connectivity index (χ1n) is 3.33. The summed E-state index contributed by atoms with van der Waals surface area (Å²) < 4.78 is 22.9. The molecule has 0 unspecified atom stereocenters. The van der Waals surface area contributed by atoms with Gasteiger partial charge in [-0.2, -0.15) is 13.1 Å². The van der Waals surface area contributed by atoms with Crippen molar-refractivity contribution < 1.29 is 18.3 Å². The Bertz CT molecular complexity index is 438. The summed E-state index contributed by atoms with van der Waals surface area (Å²) in [6.45, 7) is -0.100. The van der Waals surface area contributed by atoms with Crippen molar-refractivity contribution in [1.29, 1.82) is 0 Å². The molecule has 1 aromatic heterocycles. The molecule has 0 aliphatic carbocycles. The number of nitrogens with two attached hydrogens (primary N) is 1. The molecule has 14 heavy (non-hydrogen) atoms. The van der Waals surface area contributed by atoms with Crippen LogP contribution in [0.5, 0.6) is 0 Å². The number of hydrogen-bond acceptors (Lipinski definition) is 5. The number of carboxylic acid groups (broad SMARTS) is 1. The average molecular weight is 237 g/mol. The molecule has 0 radical (unpaired) electrons. The monoisotopic (exact) mass is 237 g/mol. The summed E-state index contributed by atoms with van der Waals surface area (Å²) in [5, 5.41) is 14.8. The fraction of sp³-hybridized carbons (Fsp3) is 0.200. The molecule has 0 bridgehead atoms. The highest BCUT2D eigenvalue weighted by Gasteiger charge is 2.09. The van der Waals surface area contributed by atoms with Crippen LogP contribution >= 0.6 is 11.3 Å². The molecule has 9 heteroatoms. The summed E-state index contributed by atoms with van der Waals surface area (Å²) >= 11 is 1.04. The first kappa shape index (κ1) is 11.0. The zero-order valence-corrected chi connectivity index (χ0v) is 8.43. The summed E-state index contributed by atoms with van der Waals surface area (Å²) in [4.78, 5) is 14.0. The van der Waals surface area contributed by atoms with Crippen LogP contribution in [0.15, 0.2) is 5.38 Å². The zero-order valence-electron chi connectivity index (χ0n) is 6.80. The standard InChI is InChI=1S/C5H7N3O4S2/c6-14(11,12)7-1-4-8-3(2-13-4)5(9)10/h2,7H,1H2,(H,9,10)(H2,6,11,12). The highest BCUT2D eigenvalue weighted by atomic mass is 32.2. The van der Waals surface area contributed by atoms with Crippen LogP contribution in [0, 0.1) is 0 Å². The van der Waals surface area contributed by atoms with Crippen LogP contribution in [-0.2, 0) is 16.8 Å². The molecule has 0 spiro atoms. The molecular weight excluding hydrogens is 230 g/mol. The van der Waals surface area contributed by atoms with E-state index in [1.807, 2.05) is 4.72 Å². The molecule has 0 aliphatic heterocycles. The molecule has 1 aromatic rings. The number of rotatable bonds is 4. The van der Waals surface area contributed by atoms with Crippen molar-refractivity contribution in [2.24, 2.45) is 5.14 Å². The van der Waals surface area contributed by atoms with Gasteiger partial charge in [0, 0.05) is 5.38 Å². The minimum atomic E-state index is -3.76. The fourth-order valence-electron chi connectivity index (χ4n) is 0.653. The minimum absolute atomic E-state index is 0.100. The van der Waals surface area contributed by atoms with Crippen LogP contribution < -0.4 is 9.86 Å². The van der Waals surface area contributed by atoms with Gasteiger partial charge in [0.2, 0.25) is 0 Å². The van der Waals surface area contributed by atoms with Crippen LogP contribution in [0.25, 0.3) is 0 Å². The normalized spacial score (nSPS) is 11.5. The molecule has 0 atom stereocenters. The number of hydrogen-bond donors (Lipinski definition) is 3. The third kappa shape index (κ3) is 3.38. The number of aromatic nitrogens is 1. The number of carbonyl (C=O) groups is 1. The van der Waals surface area contributed by atoms with E-state index in [-0.39, 0.29) is 12.2 Å². The maximum absolute atomic E-state index is 10.5. The van der Waals surface area contributed by atoms with Gasteiger partial charge in [-0.3, -0.25) is 0 Å². The van der Waals surface area contributed by atoms with Crippen molar-refractivity contribution >= 4 is 27.5 Å². The van der Waals surface area contributed by atoms with E-state index in [1.165, 1.54) is 5.38 Å². The van der Waals surface area contributed by atoms with E-state index in [0.29, 0.717) is 5.01 Å².